The zero-order valence-electron chi connectivity index (χ0n) is 11.3. The second-order valence-corrected chi connectivity index (χ2v) is 4.93. The Hall–Kier alpha value is -2.88. The fourth-order valence-corrected chi connectivity index (χ4v) is 2.49. The largest absolute Gasteiger partial charge is 0.418 e. The van der Waals surface area contributed by atoms with Gasteiger partial charge in [-0.15, -0.1) is 5.10 Å². The summed E-state index contributed by atoms with van der Waals surface area (Å²) in [5, 5.41) is 23.0. The fourth-order valence-electron chi connectivity index (χ4n) is 2.49. The van der Waals surface area contributed by atoms with Gasteiger partial charge in [0, 0.05) is 11.8 Å². The summed E-state index contributed by atoms with van der Waals surface area (Å²) in [7, 11) is 0. The summed E-state index contributed by atoms with van der Waals surface area (Å²) in [6.07, 6.45) is -2.97. The molecule has 1 unspecified atom stereocenters. The van der Waals surface area contributed by atoms with Crippen molar-refractivity contribution in [2.24, 2.45) is 0 Å². The van der Waals surface area contributed by atoms with Gasteiger partial charge in [-0.1, -0.05) is 6.07 Å². The van der Waals surface area contributed by atoms with Gasteiger partial charge in [-0.05, 0) is 12.1 Å². The van der Waals surface area contributed by atoms with Gasteiger partial charge in [0.1, 0.15) is 0 Å². The van der Waals surface area contributed by atoms with Crippen molar-refractivity contribution in [2.45, 2.75) is 12.5 Å². The van der Waals surface area contributed by atoms with Gasteiger partial charge in [-0.25, -0.2) is 4.98 Å². The maximum Gasteiger partial charge on any atom is 0.418 e. The molecular formula is C13H9F3N6O. The van der Waals surface area contributed by atoms with Crippen LogP contribution in [0.4, 0.5) is 18.9 Å². The summed E-state index contributed by atoms with van der Waals surface area (Å²) in [4.78, 5) is 4.23. The Kier molecular flexibility index (Phi) is 2.73. The minimum Gasteiger partial charge on any atom is -0.355 e. The van der Waals surface area contributed by atoms with Crippen LogP contribution >= 0.6 is 0 Å². The van der Waals surface area contributed by atoms with Gasteiger partial charge in [0.15, 0.2) is 11.6 Å². The summed E-state index contributed by atoms with van der Waals surface area (Å²) >= 11 is 0. The van der Waals surface area contributed by atoms with E-state index in [1.54, 1.807) is 6.20 Å². The van der Waals surface area contributed by atoms with Crippen molar-refractivity contribution in [3.8, 4) is 22.8 Å². The van der Waals surface area contributed by atoms with Gasteiger partial charge in [-0.2, -0.15) is 23.0 Å². The molecule has 1 aliphatic heterocycles. The first kappa shape index (κ1) is 13.8. The van der Waals surface area contributed by atoms with Crippen molar-refractivity contribution in [2.75, 3.05) is 5.32 Å². The van der Waals surface area contributed by atoms with Gasteiger partial charge in [-0.3, -0.25) is 5.10 Å². The number of fused-ring (bicyclic) bond motifs is 3. The van der Waals surface area contributed by atoms with Crippen LogP contribution in [0.5, 0.6) is 0 Å². The number of aromatic nitrogens is 5. The average Bonchev–Trinajstić information content (AvgIpc) is 3.15. The number of hydrogen-bond donors (Lipinski definition) is 3. The number of para-hydroxylation sites is 1. The normalized spacial score (nSPS) is 16.6. The zero-order valence-corrected chi connectivity index (χ0v) is 11.3. The van der Waals surface area contributed by atoms with Crippen molar-refractivity contribution >= 4 is 5.69 Å². The van der Waals surface area contributed by atoms with Crippen LogP contribution in [0.15, 0.2) is 30.6 Å². The number of anilines is 1. The number of H-pyrrole nitrogens is 1. The molecule has 0 aliphatic carbocycles. The van der Waals surface area contributed by atoms with Gasteiger partial charge >= 0.3 is 6.18 Å². The minimum absolute atomic E-state index is 0.147. The molecule has 0 saturated carbocycles. The van der Waals surface area contributed by atoms with E-state index >= 15 is 0 Å². The van der Waals surface area contributed by atoms with Crippen LogP contribution in [-0.4, -0.2) is 30.1 Å². The molecule has 0 bridgehead atoms. The van der Waals surface area contributed by atoms with Gasteiger partial charge in [0.25, 0.3) is 0 Å². The molecule has 4 rings (SSSR count). The number of hydrogen-bond acceptors (Lipinski definition) is 5. The quantitative estimate of drug-likeness (QED) is 0.639. The summed E-state index contributed by atoms with van der Waals surface area (Å²) in [6.45, 7) is 0. The molecule has 3 heterocycles. The highest BCUT2D eigenvalue weighted by molar-refractivity contribution is 5.79. The van der Waals surface area contributed by atoms with Crippen LogP contribution in [0.2, 0.25) is 0 Å². The number of alkyl halides is 3. The molecule has 23 heavy (non-hydrogen) atoms. The van der Waals surface area contributed by atoms with Crippen molar-refractivity contribution in [3.63, 3.8) is 0 Å². The number of aromatic amines is 1. The number of rotatable bonds is 1. The number of aliphatic hydroxyl groups excluding tert-OH is 1. The zero-order chi connectivity index (χ0) is 16.2. The molecule has 1 atom stereocenters. The molecule has 10 heteroatoms. The van der Waals surface area contributed by atoms with Crippen LogP contribution in [-0.2, 0) is 6.18 Å². The Balaban J connectivity index is 1.92. The molecule has 1 aliphatic rings. The van der Waals surface area contributed by atoms with Crippen molar-refractivity contribution in [1.29, 1.82) is 0 Å². The Labute approximate surface area is 126 Å². The lowest BCUT2D eigenvalue weighted by atomic mass is 10.0. The summed E-state index contributed by atoms with van der Waals surface area (Å²) < 4.78 is 40.5. The maximum atomic E-state index is 13.1. The van der Waals surface area contributed by atoms with Crippen LogP contribution in [0.1, 0.15) is 11.9 Å². The van der Waals surface area contributed by atoms with E-state index in [0.29, 0.717) is 5.56 Å². The van der Waals surface area contributed by atoms with Crippen LogP contribution in [0.3, 0.4) is 0 Å². The van der Waals surface area contributed by atoms with Gasteiger partial charge in [0.2, 0.25) is 6.35 Å². The Morgan fingerprint density at radius 2 is 2.09 bits per heavy atom. The molecule has 0 saturated heterocycles. The Morgan fingerprint density at radius 3 is 2.78 bits per heavy atom. The highest BCUT2D eigenvalue weighted by Crippen LogP contribution is 2.43. The maximum absolute atomic E-state index is 13.1. The average molecular weight is 322 g/mol. The molecule has 2 aromatic heterocycles. The smallest absolute Gasteiger partial charge is 0.355 e. The number of nitrogens with one attached hydrogen (secondary N) is 2. The molecule has 0 radical (unpaired) electrons. The van der Waals surface area contributed by atoms with Crippen molar-refractivity contribution in [3.05, 3.63) is 36.2 Å². The van der Waals surface area contributed by atoms with E-state index < -0.39 is 18.1 Å². The van der Waals surface area contributed by atoms with Crippen molar-refractivity contribution in [1.82, 2.24) is 25.0 Å². The lowest BCUT2D eigenvalue weighted by molar-refractivity contribution is -0.137. The standard InChI is InChI=1S/C13H9F3N6O/c14-13(15,16)8-3-1-2-7-9(8)19-12(23)22-11(7)20-10(21-22)6-4-17-18-5-6/h1-5,12,19,23H,(H,17,18). The molecule has 1 aromatic carbocycles. The number of benzene rings is 1. The fraction of sp³-hybridized carbons (Fsp3) is 0.154. The predicted molar refractivity (Wildman–Crippen MR) is 72.9 cm³/mol. The Bertz CT molecular complexity index is 870. The van der Waals surface area contributed by atoms with Gasteiger partial charge < -0.3 is 10.4 Å². The first-order valence-corrected chi connectivity index (χ1v) is 6.56. The van der Waals surface area contributed by atoms with E-state index in [1.165, 1.54) is 18.3 Å². The summed E-state index contributed by atoms with van der Waals surface area (Å²) in [6, 6.07) is 3.72. The molecular weight excluding hydrogens is 313 g/mol. The monoisotopic (exact) mass is 322 g/mol. The Morgan fingerprint density at radius 1 is 1.26 bits per heavy atom. The van der Waals surface area contributed by atoms with E-state index in [0.717, 1.165) is 10.7 Å². The third kappa shape index (κ3) is 2.06. The van der Waals surface area contributed by atoms with Gasteiger partial charge in [0.05, 0.1) is 23.0 Å². The number of halogens is 3. The van der Waals surface area contributed by atoms with Crippen LogP contribution in [0, 0.1) is 0 Å². The second-order valence-electron chi connectivity index (χ2n) is 4.93. The number of nitrogens with zero attached hydrogens (tertiary/aromatic N) is 4. The van der Waals surface area contributed by atoms with E-state index in [9.17, 15) is 18.3 Å². The third-order valence-electron chi connectivity index (χ3n) is 3.50. The molecule has 3 N–H and O–H groups in total. The molecule has 0 amide bonds. The van der Waals surface area contributed by atoms with E-state index in [2.05, 4.69) is 25.6 Å². The first-order valence-electron chi connectivity index (χ1n) is 6.56. The van der Waals surface area contributed by atoms with E-state index in [1.807, 2.05) is 0 Å². The lowest BCUT2D eigenvalue weighted by Crippen LogP contribution is -2.26. The SMILES string of the molecule is OC1Nc2c(cccc2C(F)(F)F)-c2nc(-c3cn[nH]c3)nn21. The second kappa shape index (κ2) is 4.56. The van der Waals surface area contributed by atoms with E-state index in [4.69, 9.17) is 0 Å². The van der Waals surface area contributed by atoms with Crippen LogP contribution in [0.25, 0.3) is 22.8 Å². The molecule has 118 valence electrons. The minimum atomic E-state index is -4.55. The highest BCUT2D eigenvalue weighted by Gasteiger charge is 2.38. The van der Waals surface area contributed by atoms with Crippen LogP contribution < -0.4 is 5.32 Å². The molecule has 3 aromatic rings. The van der Waals surface area contributed by atoms with Crippen molar-refractivity contribution < 1.29 is 18.3 Å². The van der Waals surface area contributed by atoms with E-state index in [-0.39, 0.29) is 22.9 Å². The molecule has 0 spiro atoms. The summed E-state index contributed by atoms with van der Waals surface area (Å²) in [5.41, 5.74) is -0.306. The number of aliphatic hydroxyl groups is 1. The predicted octanol–water partition coefficient (Wildman–Crippen LogP) is 2.23. The first-order chi connectivity index (χ1) is 10.9. The third-order valence-corrected chi connectivity index (χ3v) is 3.50. The topological polar surface area (TPSA) is 91.7 Å². The lowest BCUT2D eigenvalue weighted by Gasteiger charge is -2.26. The molecule has 7 nitrogen and oxygen atoms in total. The molecule has 0 fully saturated rings. The summed E-state index contributed by atoms with van der Waals surface area (Å²) in [5.74, 6) is 0.397. The highest BCUT2D eigenvalue weighted by atomic mass is 19.4.